The smallest absolute Gasteiger partial charge is 0.338 e. The van der Waals surface area contributed by atoms with Gasteiger partial charge in [-0.05, 0) is 49.6 Å². The van der Waals surface area contributed by atoms with Gasteiger partial charge in [0.2, 0.25) is 0 Å². The van der Waals surface area contributed by atoms with Crippen LogP contribution in [0.2, 0.25) is 0 Å². The minimum absolute atomic E-state index is 0.136. The van der Waals surface area contributed by atoms with Crippen molar-refractivity contribution in [3.63, 3.8) is 0 Å². The van der Waals surface area contributed by atoms with Crippen LogP contribution in [0.15, 0.2) is 36.4 Å². The van der Waals surface area contributed by atoms with Crippen molar-refractivity contribution in [1.29, 1.82) is 0 Å². The Bertz CT molecular complexity index is 886. The van der Waals surface area contributed by atoms with Crippen LogP contribution in [0.25, 0.3) is 0 Å². The second kappa shape index (κ2) is 8.99. The molecule has 0 spiro atoms. The molecule has 1 atom stereocenters. The molecule has 29 heavy (non-hydrogen) atoms. The Labute approximate surface area is 171 Å². The Morgan fingerprint density at radius 2 is 1.66 bits per heavy atom. The first-order valence-electron chi connectivity index (χ1n) is 9.78. The van der Waals surface area contributed by atoms with Gasteiger partial charge in [-0.2, -0.15) is 0 Å². The summed E-state index contributed by atoms with van der Waals surface area (Å²) in [6, 6.07) is 10.9. The first-order valence-corrected chi connectivity index (χ1v) is 9.78. The van der Waals surface area contributed by atoms with Crippen molar-refractivity contribution >= 4 is 11.9 Å². The topological polar surface area (TPSA) is 73.9 Å². The number of carbonyl (C=O) groups is 2. The monoisotopic (exact) mass is 397 g/mol. The van der Waals surface area contributed by atoms with Gasteiger partial charge >= 0.3 is 5.97 Å². The van der Waals surface area contributed by atoms with E-state index in [4.69, 9.17) is 14.2 Å². The van der Waals surface area contributed by atoms with E-state index in [0.29, 0.717) is 30.3 Å². The summed E-state index contributed by atoms with van der Waals surface area (Å²) in [5.74, 6) is 0.659. The van der Waals surface area contributed by atoms with Crippen molar-refractivity contribution in [3.8, 4) is 11.5 Å². The molecule has 0 aliphatic carbocycles. The number of hydrogen-bond acceptors (Lipinski definition) is 5. The summed E-state index contributed by atoms with van der Waals surface area (Å²) in [4.78, 5) is 24.7. The highest BCUT2D eigenvalue weighted by atomic mass is 16.6. The van der Waals surface area contributed by atoms with Crippen molar-refractivity contribution in [2.45, 2.75) is 33.7 Å². The number of ether oxygens (including phenoxy) is 3. The second-order valence-electron chi connectivity index (χ2n) is 7.64. The van der Waals surface area contributed by atoms with Gasteiger partial charge in [0.25, 0.3) is 5.91 Å². The molecule has 3 rings (SSSR count). The predicted octanol–water partition coefficient (Wildman–Crippen LogP) is 3.74. The number of fused-ring (bicyclic) bond motifs is 1. The molecule has 0 radical (unpaired) electrons. The standard InChI is InChI=1S/C23H27NO5/c1-14(2)22(17-5-6-19-20(12-17)28-8-7-27-19)24-21(25)13-29-23(26)18-10-15(3)9-16(4)11-18/h5-6,9-12,14,22H,7-8,13H2,1-4H3,(H,24,25)/t22-/m0/s1. The Kier molecular flexibility index (Phi) is 6.42. The first-order chi connectivity index (χ1) is 13.8. The number of rotatable bonds is 6. The minimum atomic E-state index is -0.507. The molecule has 1 aliphatic heterocycles. The van der Waals surface area contributed by atoms with Crippen LogP contribution in [0.5, 0.6) is 11.5 Å². The molecule has 6 heteroatoms. The number of hydrogen-bond donors (Lipinski definition) is 1. The zero-order chi connectivity index (χ0) is 21.0. The van der Waals surface area contributed by atoms with Gasteiger partial charge in [-0.15, -0.1) is 0 Å². The SMILES string of the molecule is Cc1cc(C)cc(C(=O)OCC(=O)N[C@H](c2ccc3c(c2)OCCO3)C(C)C)c1. The molecule has 2 aromatic rings. The predicted molar refractivity (Wildman–Crippen MR) is 109 cm³/mol. The van der Waals surface area contributed by atoms with Crippen LogP contribution < -0.4 is 14.8 Å². The molecule has 0 aromatic heterocycles. The van der Waals surface area contributed by atoms with E-state index >= 15 is 0 Å². The minimum Gasteiger partial charge on any atom is -0.486 e. The zero-order valence-corrected chi connectivity index (χ0v) is 17.3. The molecule has 0 unspecified atom stereocenters. The molecule has 6 nitrogen and oxygen atoms in total. The van der Waals surface area contributed by atoms with Crippen molar-refractivity contribution in [2.75, 3.05) is 19.8 Å². The third-order valence-corrected chi connectivity index (χ3v) is 4.70. The molecular formula is C23H27NO5. The Balaban J connectivity index is 1.63. The van der Waals surface area contributed by atoms with Crippen molar-refractivity contribution < 1.29 is 23.8 Å². The highest BCUT2D eigenvalue weighted by Crippen LogP contribution is 2.34. The molecule has 1 N–H and O–H groups in total. The van der Waals surface area contributed by atoms with Crippen molar-refractivity contribution in [1.82, 2.24) is 5.32 Å². The number of benzene rings is 2. The van der Waals surface area contributed by atoms with Crippen LogP contribution in [0, 0.1) is 19.8 Å². The molecule has 1 aliphatic rings. The van der Waals surface area contributed by atoms with E-state index in [1.807, 2.05) is 52.0 Å². The second-order valence-corrected chi connectivity index (χ2v) is 7.64. The van der Waals surface area contributed by atoms with Crippen LogP contribution in [0.4, 0.5) is 0 Å². The lowest BCUT2D eigenvalue weighted by Crippen LogP contribution is -2.35. The normalized spacial score (nSPS) is 13.7. The maximum Gasteiger partial charge on any atom is 0.338 e. The summed E-state index contributed by atoms with van der Waals surface area (Å²) < 4.78 is 16.4. The summed E-state index contributed by atoms with van der Waals surface area (Å²) in [5.41, 5.74) is 3.31. The van der Waals surface area contributed by atoms with E-state index in [-0.39, 0.29) is 24.5 Å². The van der Waals surface area contributed by atoms with Crippen molar-refractivity contribution in [2.24, 2.45) is 5.92 Å². The molecule has 0 fully saturated rings. The third-order valence-electron chi connectivity index (χ3n) is 4.70. The van der Waals surface area contributed by atoms with Gasteiger partial charge in [0, 0.05) is 0 Å². The molecular weight excluding hydrogens is 370 g/mol. The fourth-order valence-corrected chi connectivity index (χ4v) is 3.41. The highest BCUT2D eigenvalue weighted by Gasteiger charge is 2.22. The van der Waals surface area contributed by atoms with Crippen LogP contribution >= 0.6 is 0 Å². The number of aryl methyl sites for hydroxylation is 2. The Morgan fingerprint density at radius 3 is 2.31 bits per heavy atom. The summed E-state index contributed by atoms with van der Waals surface area (Å²) in [6.07, 6.45) is 0. The summed E-state index contributed by atoms with van der Waals surface area (Å²) in [5, 5.41) is 2.96. The molecule has 1 amide bonds. The average Bonchev–Trinajstić information content (AvgIpc) is 2.69. The van der Waals surface area contributed by atoms with Gasteiger partial charge in [-0.1, -0.05) is 37.1 Å². The van der Waals surface area contributed by atoms with Gasteiger partial charge < -0.3 is 19.5 Å². The van der Waals surface area contributed by atoms with Gasteiger partial charge in [-0.25, -0.2) is 4.79 Å². The van der Waals surface area contributed by atoms with E-state index in [0.717, 1.165) is 16.7 Å². The maximum absolute atomic E-state index is 12.4. The van der Waals surface area contributed by atoms with Gasteiger partial charge in [0.15, 0.2) is 18.1 Å². The lowest BCUT2D eigenvalue weighted by atomic mass is 9.95. The van der Waals surface area contributed by atoms with Crippen molar-refractivity contribution in [3.05, 3.63) is 58.7 Å². The number of carbonyl (C=O) groups excluding carboxylic acids is 2. The maximum atomic E-state index is 12.4. The summed E-state index contributed by atoms with van der Waals surface area (Å²) in [6.45, 7) is 8.56. The number of esters is 1. The van der Waals surface area contributed by atoms with Crippen LogP contribution in [0.1, 0.15) is 46.9 Å². The molecule has 0 saturated carbocycles. The van der Waals surface area contributed by atoms with E-state index in [2.05, 4.69) is 5.32 Å². The van der Waals surface area contributed by atoms with Crippen LogP contribution in [0.3, 0.4) is 0 Å². The van der Waals surface area contributed by atoms with Crippen LogP contribution in [-0.2, 0) is 9.53 Å². The summed E-state index contributed by atoms with van der Waals surface area (Å²) >= 11 is 0. The van der Waals surface area contributed by atoms with Gasteiger partial charge in [0.05, 0.1) is 11.6 Å². The van der Waals surface area contributed by atoms with Gasteiger partial charge in [-0.3, -0.25) is 4.79 Å². The lowest BCUT2D eigenvalue weighted by molar-refractivity contribution is -0.125. The third kappa shape index (κ3) is 5.28. The van der Waals surface area contributed by atoms with Gasteiger partial charge in [0.1, 0.15) is 13.2 Å². The fraction of sp³-hybridized carbons (Fsp3) is 0.391. The average molecular weight is 397 g/mol. The molecule has 154 valence electrons. The number of nitrogens with one attached hydrogen (secondary N) is 1. The Hall–Kier alpha value is -3.02. The quantitative estimate of drug-likeness (QED) is 0.752. The highest BCUT2D eigenvalue weighted by molar-refractivity contribution is 5.91. The lowest BCUT2D eigenvalue weighted by Gasteiger charge is -2.25. The zero-order valence-electron chi connectivity index (χ0n) is 17.3. The first kappa shape index (κ1) is 20.7. The number of amides is 1. The largest absolute Gasteiger partial charge is 0.486 e. The van der Waals surface area contributed by atoms with E-state index in [1.165, 1.54) is 0 Å². The van der Waals surface area contributed by atoms with E-state index in [9.17, 15) is 9.59 Å². The summed E-state index contributed by atoms with van der Waals surface area (Å²) in [7, 11) is 0. The molecule has 2 aromatic carbocycles. The fourth-order valence-electron chi connectivity index (χ4n) is 3.41. The molecule has 0 bridgehead atoms. The molecule has 1 heterocycles. The van der Waals surface area contributed by atoms with Crippen LogP contribution in [-0.4, -0.2) is 31.7 Å². The van der Waals surface area contributed by atoms with E-state index in [1.54, 1.807) is 12.1 Å². The van der Waals surface area contributed by atoms with E-state index < -0.39 is 5.97 Å². The molecule has 0 saturated heterocycles. The Morgan fingerprint density at radius 1 is 1.00 bits per heavy atom.